The fourth-order valence-electron chi connectivity index (χ4n) is 2.16. The number of ether oxygens (including phenoxy) is 1. The van der Waals surface area contributed by atoms with Gasteiger partial charge in [0.2, 0.25) is 5.88 Å². The van der Waals surface area contributed by atoms with Crippen molar-refractivity contribution in [1.29, 1.82) is 0 Å². The number of hydrogen-bond acceptors (Lipinski definition) is 5. The molecule has 1 atom stereocenters. The first-order valence-electron chi connectivity index (χ1n) is 6.77. The second-order valence-corrected chi connectivity index (χ2v) is 5.84. The summed E-state index contributed by atoms with van der Waals surface area (Å²) in [6.07, 6.45) is 0.768. The fraction of sp³-hybridized carbons (Fsp3) is 0.357. The normalized spacial score (nSPS) is 17.8. The van der Waals surface area contributed by atoms with E-state index in [9.17, 15) is 4.79 Å². The molecule has 0 unspecified atom stereocenters. The van der Waals surface area contributed by atoms with Crippen LogP contribution in [0.2, 0.25) is 0 Å². The molecule has 0 aromatic carbocycles. The summed E-state index contributed by atoms with van der Waals surface area (Å²) in [4.78, 5) is 13.8. The summed E-state index contributed by atoms with van der Waals surface area (Å²) in [5.41, 5.74) is 0.853. The SMILES string of the molecule is Cc1ccc(O[C@@H]2CCN(C(=O)Nc3cccs3)C2)nn1. The van der Waals surface area contributed by atoms with E-state index in [0.29, 0.717) is 19.0 Å². The zero-order valence-corrected chi connectivity index (χ0v) is 12.5. The Morgan fingerprint density at radius 1 is 1.43 bits per heavy atom. The highest BCUT2D eigenvalue weighted by atomic mass is 32.1. The smallest absolute Gasteiger partial charge is 0.322 e. The molecule has 3 heterocycles. The van der Waals surface area contributed by atoms with E-state index in [1.807, 2.05) is 30.5 Å². The molecule has 1 N–H and O–H groups in total. The van der Waals surface area contributed by atoms with Gasteiger partial charge in [0.25, 0.3) is 0 Å². The Balaban J connectivity index is 1.53. The van der Waals surface area contributed by atoms with E-state index < -0.39 is 0 Å². The summed E-state index contributed by atoms with van der Waals surface area (Å²) in [5.74, 6) is 0.506. The van der Waals surface area contributed by atoms with Crippen molar-refractivity contribution in [3.63, 3.8) is 0 Å². The molecule has 1 saturated heterocycles. The Morgan fingerprint density at radius 2 is 2.33 bits per heavy atom. The lowest BCUT2D eigenvalue weighted by Gasteiger charge is -2.17. The Kier molecular flexibility index (Phi) is 4.01. The zero-order chi connectivity index (χ0) is 14.7. The third-order valence-corrected chi connectivity index (χ3v) is 4.03. The van der Waals surface area contributed by atoms with E-state index >= 15 is 0 Å². The summed E-state index contributed by atoms with van der Waals surface area (Å²) in [5, 5.41) is 13.6. The largest absolute Gasteiger partial charge is 0.471 e. The Labute approximate surface area is 126 Å². The minimum atomic E-state index is -0.0847. The van der Waals surface area contributed by atoms with Gasteiger partial charge in [0, 0.05) is 19.0 Å². The molecule has 0 spiro atoms. The molecule has 0 bridgehead atoms. The maximum absolute atomic E-state index is 12.1. The summed E-state index contributed by atoms with van der Waals surface area (Å²) in [6.45, 7) is 3.12. The molecule has 3 rings (SSSR count). The van der Waals surface area contributed by atoms with E-state index in [1.54, 1.807) is 11.0 Å². The van der Waals surface area contributed by atoms with Crippen LogP contribution in [0, 0.1) is 6.92 Å². The number of nitrogens with zero attached hydrogens (tertiary/aromatic N) is 3. The number of anilines is 1. The maximum Gasteiger partial charge on any atom is 0.322 e. The average Bonchev–Trinajstić information content (AvgIpc) is 3.13. The Bertz CT molecular complexity index is 600. The van der Waals surface area contributed by atoms with Gasteiger partial charge in [0.05, 0.1) is 17.2 Å². The number of thiophene rings is 1. The summed E-state index contributed by atoms with van der Waals surface area (Å²) in [6, 6.07) is 7.37. The molecule has 110 valence electrons. The highest BCUT2D eigenvalue weighted by Gasteiger charge is 2.28. The molecule has 1 aliphatic rings. The van der Waals surface area contributed by atoms with Gasteiger partial charge in [-0.05, 0) is 30.5 Å². The van der Waals surface area contributed by atoms with Gasteiger partial charge in [-0.15, -0.1) is 16.4 Å². The number of urea groups is 1. The number of likely N-dealkylation sites (tertiary alicyclic amines) is 1. The predicted molar refractivity (Wildman–Crippen MR) is 80.7 cm³/mol. The van der Waals surface area contributed by atoms with Crippen LogP contribution in [0.25, 0.3) is 0 Å². The molecule has 1 aliphatic heterocycles. The molecule has 2 amide bonds. The van der Waals surface area contributed by atoms with E-state index in [0.717, 1.165) is 17.1 Å². The molecule has 0 aliphatic carbocycles. The van der Waals surface area contributed by atoms with Crippen molar-refractivity contribution in [3.05, 3.63) is 35.3 Å². The van der Waals surface area contributed by atoms with Gasteiger partial charge >= 0.3 is 6.03 Å². The van der Waals surface area contributed by atoms with Gasteiger partial charge in [-0.1, -0.05) is 0 Å². The van der Waals surface area contributed by atoms with Gasteiger partial charge in [-0.3, -0.25) is 5.32 Å². The second kappa shape index (κ2) is 6.09. The molecule has 1 fully saturated rings. The topological polar surface area (TPSA) is 67.3 Å². The first kappa shape index (κ1) is 13.8. The van der Waals surface area contributed by atoms with Crippen LogP contribution in [0.1, 0.15) is 12.1 Å². The molecule has 2 aromatic rings. The van der Waals surface area contributed by atoms with Gasteiger partial charge < -0.3 is 9.64 Å². The molecule has 2 aromatic heterocycles. The average molecular weight is 304 g/mol. The number of carbonyl (C=O) groups is 1. The molecule has 7 heteroatoms. The lowest BCUT2D eigenvalue weighted by atomic mass is 10.3. The standard InChI is InChI=1S/C14H16N4O2S/c1-10-4-5-12(17-16-10)20-11-6-7-18(9-11)14(19)15-13-3-2-8-21-13/h2-5,8,11H,6-7,9H2,1H3,(H,15,19)/t11-/m1/s1. The molecule has 0 saturated carbocycles. The number of amides is 2. The first-order chi connectivity index (χ1) is 10.2. The summed E-state index contributed by atoms with van der Waals surface area (Å²) in [7, 11) is 0. The minimum Gasteiger partial charge on any atom is -0.471 e. The van der Waals surface area contributed by atoms with Crippen LogP contribution in [0.3, 0.4) is 0 Å². The third-order valence-electron chi connectivity index (χ3n) is 3.24. The second-order valence-electron chi connectivity index (χ2n) is 4.89. The molecule has 21 heavy (non-hydrogen) atoms. The predicted octanol–water partition coefficient (Wildman–Crippen LogP) is 2.53. The van der Waals surface area contributed by atoms with Crippen LogP contribution in [0.15, 0.2) is 29.6 Å². The number of rotatable bonds is 3. The first-order valence-corrected chi connectivity index (χ1v) is 7.65. The summed E-state index contributed by atoms with van der Waals surface area (Å²) < 4.78 is 5.75. The van der Waals surface area contributed by atoms with E-state index in [1.165, 1.54) is 11.3 Å². The number of carbonyl (C=O) groups excluding carboxylic acids is 1. The molecular formula is C14H16N4O2S. The van der Waals surface area contributed by atoms with E-state index in [2.05, 4.69) is 15.5 Å². The van der Waals surface area contributed by atoms with Crippen molar-refractivity contribution in [2.75, 3.05) is 18.4 Å². The number of aryl methyl sites for hydroxylation is 1. The zero-order valence-electron chi connectivity index (χ0n) is 11.7. The van der Waals surface area contributed by atoms with Crippen molar-refractivity contribution in [2.24, 2.45) is 0 Å². The Hall–Kier alpha value is -2.15. The van der Waals surface area contributed by atoms with Gasteiger partial charge in [-0.2, -0.15) is 5.10 Å². The fourth-order valence-corrected chi connectivity index (χ4v) is 2.77. The lowest BCUT2D eigenvalue weighted by Crippen LogP contribution is -2.34. The van der Waals surface area contributed by atoms with Gasteiger partial charge in [0.1, 0.15) is 6.10 Å². The third kappa shape index (κ3) is 3.49. The lowest BCUT2D eigenvalue weighted by molar-refractivity contribution is 0.188. The monoisotopic (exact) mass is 304 g/mol. The van der Waals surface area contributed by atoms with Crippen LogP contribution in [0.4, 0.5) is 9.80 Å². The van der Waals surface area contributed by atoms with Crippen molar-refractivity contribution in [3.8, 4) is 5.88 Å². The summed E-state index contributed by atoms with van der Waals surface area (Å²) >= 11 is 1.51. The minimum absolute atomic E-state index is 0.0314. The van der Waals surface area contributed by atoms with E-state index in [4.69, 9.17) is 4.74 Å². The van der Waals surface area contributed by atoms with Gasteiger partial charge in [0.15, 0.2) is 0 Å². The molecule has 6 nitrogen and oxygen atoms in total. The molecule has 0 radical (unpaired) electrons. The van der Waals surface area contributed by atoms with Crippen LogP contribution < -0.4 is 10.1 Å². The van der Waals surface area contributed by atoms with Crippen molar-refractivity contribution in [2.45, 2.75) is 19.4 Å². The van der Waals surface area contributed by atoms with Crippen molar-refractivity contribution < 1.29 is 9.53 Å². The quantitative estimate of drug-likeness (QED) is 0.946. The van der Waals surface area contributed by atoms with Crippen LogP contribution in [-0.2, 0) is 0 Å². The maximum atomic E-state index is 12.1. The highest BCUT2D eigenvalue weighted by molar-refractivity contribution is 7.14. The van der Waals surface area contributed by atoms with Gasteiger partial charge in [-0.25, -0.2) is 4.79 Å². The van der Waals surface area contributed by atoms with Crippen LogP contribution in [-0.4, -0.2) is 40.3 Å². The number of nitrogens with one attached hydrogen (secondary N) is 1. The highest BCUT2D eigenvalue weighted by Crippen LogP contribution is 2.19. The van der Waals surface area contributed by atoms with E-state index in [-0.39, 0.29) is 12.1 Å². The van der Waals surface area contributed by atoms with Crippen molar-refractivity contribution >= 4 is 22.4 Å². The Morgan fingerprint density at radius 3 is 3.05 bits per heavy atom. The number of aromatic nitrogens is 2. The van der Waals surface area contributed by atoms with Crippen LogP contribution in [0.5, 0.6) is 5.88 Å². The molecular weight excluding hydrogens is 288 g/mol. The number of hydrogen-bond donors (Lipinski definition) is 1. The van der Waals surface area contributed by atoms with Crippen LogP contribution >= 0.6 is 11.3 Å². The van der Waals surface area contributed by atoms with Crippen molar-refractivity contribution in [1.82, 2.24) is 15.1 Å².